The minimum Gasteiger partial charge on any atom is -0.380 e. The Balaban J connectivity index is 2.21. The average Bonchev–Trinajstić information content (AvgIpc) is 2.98. The first kappa shape index (κ1) is 12.4. The van der Waals surface area contributed by atoms with E-state index in [1.807, 2.05) is 17.5 Å². The Kier molecular flexibility index (Phi) is 3.12. The normalized spacial score (nSPS) is 10.8. The molecular weight excluding hydrogens is 331 g/mol. The maximum Gasteiger partial charge on any atom is 0.178 e. The highest BCUT2D eigenvalue weighted by molar-refractivity contribution is 9.10. The third kappa shape index (κ3) is 2.17. The summed E-state index contributed by atoms with van der Waals surface area (Å²) in [6.07, 6.45) is 0. The molecule has 0 spiro atoms. The van der Waals surface area contributed by atoms with E-state index in [9.17, 15) is 4.39 Å². The fraction of sp³-hybridized carbons (Fsp3) is 0. The van der Waals surface area contributed by atoms with Gasteiger partial charge in [0.15, 0.2) is 11.6 Å². The molecule has 0 aliphatic rings. The van der Waals surface area contributed by atoms with Crippen LogP contribution in [0, 0.1) is 5.82 Å². The Morgan fingerprint density at radius 3 is 2.84 bits per heavy atom. The van der Waals surface area contributed by atoms with Crippen molar-refractivity contribution < 1.29 is 8.91 Å². The molecule has 0 saturated carbocycles. The van der Waals surface area contributed by atoms with Crippen LogP contribution in [-0.4, -0.2) is 5.16 Å². The molecule has 0 amide bonds. The summed E-state index contributed by atoms with van der Waals surface area (Å²) in [5.74, 6) is 0.543. The van der Waals surface area contributed by atoms with Gasteiger partial charge in [0.05, 0.1) is 5.56 Å². The Morgan fingerprint density at radius 1 is 1.32 bits per heavy atom. The number of hydrogen-bond donors (Lipinski definition) is 1. The highest BCUT2D eigenvalue weighted by Gasteiger charge is 2.20. The van der Waals surface area contributed by atoms with Gasteiger partial charge in [0.1, 0.15) is 5.82 Å². The molecule has 6 heteroatoms. The Hall–Kier alpha value is -1.66. The van der Waals surface area contributed by atoms with Crippen molar-refractivity contribution in [2.45, 2.75) is 0 Å². The summed E-state index contributed by atoms with van der Waals surface area (Å²) in [5, 5.41) is 5.76. The van der Waals surface area contributed by atoms with Gasteiger partial charge in [-0.1, -0.05) is 11.2 Å². The van der Waals surface area contributed by atoms with E-state index in [4.69, 9.17) is 10.3 Å². The zero-order valence-corrected chi connectivity index (χ0v) is 12.0. The monoisotopic (exact) mass is 338 g/mol. The van der Waals surface area contributed by atoms with Crippen LogP contribution in [0.15, 0.2) is 44.7 Å². The summed E-state index contributed by atoms with van der Waals surface area (Å²) in [6, 6.07) is 8.25. The fourth-order valence-corrected chi connectivity index (χ4v) is 3.13. The summed E-state index contributed by atoms with van der Waals surface area (Å²) in [5.41, 5.74) is 7.32. The van der Waals surface area contributed by atoms with E-state index in [0.717, 1.165) is 10.4 Å². The summed E-state index contributed by atoms with van der Waals surface area (Å²) >= 11 is 4.87. The molecule has 0 fully saturated rings. The molecule has 0 unspecified atom stereocenters. The van der Waals surface area contributed by atoms with E-state index in [1.54, 1.807) is 17.4 Å². The number of nitrogens with two attached hydrogens (primary N) is 1. The maximum absolute atomic E-state index is 13.1. The first-order valence-corrected chi connectivity index (χ1v) is 7.08. The molecule has 1 aromatic carbocycles. The number of thiophene rings is 1. The molecule has 0 aliphatic heterocycles. The molecule has 2 N–H and O–H groups in total. The van der Waals surface area contributed by atoms with Gasteiger partial charge < -0.3 is 10.3 Å². The zero-order valence-electron chi connectivity index (χ0n) is 9.56. The van der Waals surface area contributed by atoms with Crippen LogP contribution in [-0.2, 0) is 0 Å². The second-order valence-corrected chi connectivity index (χ2v) is 5.68. The predicted molar refractivity (Wildman–Crippen MR) is 77.3 cm³/mol. The minimum atomic E-state index is -0.319. The largest absolute Gasteiger partial charge is 0.380 e. The number of anilines is 1. The SMILES string of the molecule is Nc1noc(-c2ccc(F)cc2Br)c1-c1cccs1. The average molecular weight is 339 g/mol. The molecule has 0 radical (unpaired) electrons. The first-order valence-electron chi connectivity index (χ1n) is 5.41. The Labute approximate surface area is 121 Å². The van der Waals surface area contributed by atoms with Crippen LogP contribution < -0.4 is 5.73 Å². The van der Waals surface area contributed by atoms with E-state index in [2.05, 4.69) is 21.1 Å². The molecule has 0 bridgehead atoms. The lowest BCUT2D eigenvalue weighted by atomic mass is 10.1. The van der Waals surface area contributed by atoms with Gasteiger partial charge >= 0.3 is 0 Å². The molecular formula is C13H8BrFN2OS. The van der Waals surface area contributed by atoms with Gasteiger partial charge in [0, 0.05) is 14.9 Å². The van der Waals surface area contributed by atoms with E-state index in [1.165, 1.54) is 12.1 Å². The van der Waals surface area contributed by atoms with E-state index >= 15 is 0 Å². The van der Waals surface area contributed by atoms with Crippen LogP contribution in [0.4, 0.5) is 10.2 Å². The summed E-state index contributed by atoms with van der Waals surface area (Å²) in [7, 11) is 0. The van der Waals surface area contributed by atoms with Gasteiger partial charge in [-0.05, 0) is 45.6 Å². The van der Waals surface area contributed by atoms with Crippen molar-refractivity contribution in [1.82, 2.24) is 5.16 Å². The third-order valence-corrected chi connectivity index (χ3v) is 4.21. The molecule has 3 nitrogen and oxygen atoms in total. The fourth-order valence-electron chi connectivity index (χ4n) is 1.82. The van der Waals surface area contributed by atoms with Gasteiger partial charge in [-0.3, -0.25) is 0 Å². The lowest BCUT2D eigenvalue weighted by molar-refractivity contribution is 0.436. The highest BCUT2D eigenvalue weighted by atomic mass is 79.9. The molecule has 3 aromatic rings. The number of rotatable bonds is 2. The third-order valence-electron chi connectivity index (χ3n) is 2.66. The molecule has 0 saturated heterocycles. The van der Waals surface area contributed by atoms with Crippen LogP contribution in [0.1, 0.15) is 0 Å². The minimum absolute atomic E-state index is 0.319. The van der Waals surface area contributed by atoms with Gasteiger partial charge in [-0.25, -0.2) is 4.39 Å². The van der Waals surface area contributed by atoms with Gasteiger partial charge in [0.25, 0.3) is 0 Å². The summed E-state index contributed by atoms with van der Waals surface area (Å²) in [4.78, 5) is 0.963. The number of aromatic nitrogens is 1. The first-order chi connectivity index (χ1) is 9.16. The number of nitrogen functional groups attached to an aromatic ring is 1. The number of nitrogens with zero attached hydrogens (tertiary/aromatic N) is 1. The van der Waals surface area contributed by atoms with Crippen LogP contribution in [0.3, 0.4) is 0 Å². The Morgan fingerprint density at radius 2 is 2.16 bits per heavy atom. The van der Waals surface area contributed by atoms with E-state index in [0.29, 0.717) is 21.6 Å². The molecule has 2 heterocycles. The van der Waals surface area contributed by atoms with Gasteiger partial charge in [-0.15, -0.1) is 11.3 Å². The second-order valence-electron chi connectivity index (χ2n) is 3.87. The molecule has 0 aliphatic carbocycles. The molecule has 96 valence electrons. The zero-order chi connectivity index (χ0) is 13.4. The van der Waals surface area contributed by atoms with Crippen molar-refractivity contribution in [3.8, 4) is 21.8 Å². The predicted octanol–water partition coefficient (Wildman–Crippen LogP) is 4.55. The van der Waals surface area contributed by atoms with Crippen molar-refractivity contribution in [2.75, 3.05) is 5.73 Å². The standard InChI is InChI=1S/C13H8BrFN2OS/c14-9-6-7(15)3-4-8(9)12-11(13(16)17-18-12)10-2-1-5-19-10/h1-6H,(H2,16,17). The van der Waals surface area contributed by atoms with Crippen molar-refractivity contribution in [3.63, 3.8) is 0 Å². The van der Waals surface area contributed by atoms with Gasteiger partial charge in [0.2, 0.25) is 0 Å². The maximum atomic E-state index is 13.1. The van der Waals surface area contributed by atoms with Crippen LogP contribution >= 0.6 is 27.3 Å². The van der Waals surface area contributed by atoms with Gasteiger partial charge in [-0.2, -0.15) is 0 Å². The topological polar surface area (TPSA) is 52.0 Å². The Bertz CT molecular complexity index is 724. The van der Waals surface area contributed by atoms with Crippen molar-refractivity contribution in [1.29, 1.82) is 0 Å². The quantitative estimate of drug-likeness (QED) is 0.745. The van der Waals surface area contributed by atoms with Crippen molar-refractivity contribution in [3.05, 3.63) is 46.0 Å². The lowest BCUT2D eigenvalue weighted by Crippen LogP contribution is -1.87. The van der Waals surface area contributed by atoms with Crippen LogP contribution in [0.2, 0.25) is 0 Å². The van der Waals surface area contributed by atoms with Crippen molar-refractivity contribution >= 4 is 33.1 Å². The van der Waals surface area contributed by atoms with E-state index in [-0.39, 0.29) is 5.82 Å². The molecule has 0 atom stereocenters. The van der Waals surface area contributed by atoms with Crippen LogP contribution in [0.25, 0.3) is 21.8 Å². The molecule has 2 aromatic heterocycles. The summed E-state index contributed by atoms with van der Waals surface area (Å²) in [6.45, 7) is 0. The highest BCUT2D eigenvalue weighted by Crippen LogP contribution is 2.41. The number of benzene rings is 1. The van der Waals surface area contributed by atoms with Crippen LogP contribution in [0.5, 0.6) is 0 Å². The molecule has 19 heavy (non-hydrogen) atoms. The lowest BCUT2D eigenvalue weighted by Gasteiger charge is -2.03. The number of hydrogen-bond acceptors (Lipinski definition) is 4. The summed E-state index contributed by atoms with van der Waals surface area (Å²) < 4.78 is 19.0. The van der Waals surface area contributed by atoms with Crippen molar-refractivity contribution in [2.24, 2.45) is 0 Å². The second kappa shape index (κ2) is 4.79. The number of halogens is 2. The smallest absolute Gasteiger partial charge is 0.178 e. The van der Waals surface area contributed by atoms with E-state index < -0.39 is 0 Å². The molecule has 3 rings (SSSR count).